The zero-order valence-electron chi connectivity index (χ0n) is 13.7. The first-order chi connectivity index (χ1) is 11.6. The van der Waals surface area contributed by atoms with Crippen LogP contribution in [-0.2, 0) is 11.2 Å². The highest BCUT2D eigenvalue weighted by molar-refractivity contribution is 9.10. The number of para-hydroxylation sites is 1. The number of carbonyl (C=O) groups is 1. The van der Waals surface area contributed by atoms with E-state index in [0.29, 0.717) is 0 Å². The van der Waals surface area contributed by atoms with Gasteiger partial charge in [0.1, 0.15) is 5.82 Å². The second-order valence-corrected chi connectivity index (χ2v) is 7.51. The summed E-state index contributed by atoms with van der Waals surface area (Å²) >= 11 is 3.46. The molecule has 0 saturated carbocycles. The molecule has 24 heavy (non-hydrogen) atoms. The third-order valence-corrected chi connectivity index (χ3v) is 5.44. The van der Waals surface area contributed by atoms with Crippen molar-refractivity contribution in [3.63, 3.8) is 0 Å². The van der Waals surface area contributed by atoms with Gasteiger partial charge in [0, 0.05) is 36.0 Å². The number of carbonyl (C=O) groups excluding carboxylic acids is 1. The predicted octanol–water partition coefficient (Wildman–Crippen LogP) is 3.57. The average Bonchev–Trinajstić information content (AvgIpc) is 3.21. The number of fused-ring (bicyclic) bond motifs is 1. The van der Waals surface area contributed by atoms with E-state index < -0.39 is 0 Å². The maximum absolute atomic E-state index is 13.0. The highest BCUT2D eigenvalue weighted by Gasteiger charge is 2.35. The first-order valence-electron chi connectivity index (χ1n) is 8.40. The number of rotatable bonds is 2. The zero-order valence-corrected chi connectivity index (χ0v) is 15.3. The minimum atomic E-state index is 0.0565. The normalized spacial score (nSPS) is 19.7. The molecule has 1 amide bonds. The number of pyridine rings is 1. The topological polar surface area (TPSA) is 36.4 Å². The van der Waals surface area contributed by atoms with Gasteiger partial charge in [0.15, 0.2) is 0 Å². The minimum Gasteiger partial charge on any atom is -0.356 e. The zero-order chi connectivity index (χ0) is 16.7. The summed E-state index contributed by atoms with van der Waals surface area (Å²) in [6, 6.07) is 10.3. The minimum absolute atomic E-state index is 0.0565. The maximum atomic E-state index is 13.0. The van der Waals surface area contributed by atoms with E-state index in [4.69, 9.17) is 0 Å². The van der Waals surface area contributed by atoms with Crippen LogP contribution in [0.1, 0.15) is 17.5 Å². The predicted molar refractivity (Wildman–Crippen MR) is 99.5 cm³/mol. The summed E-state index contributed by atoms with van der Waals surface area (Å²) in [5, 5.41) is 0. The van der Waals surface area contributed by atoms with Gasteiger partial charge in [0.25, 0.3) is 0 Å². The lowest BCUT2D eigenvalue weighted by molar-refractivity contribution is -0.121. The van der Waals surface area contributed by atoms with Crippen molar-refractivity contribution in [2.45, 2.75) is 19.8 Å². The largest absolute Gasteiger partial charge is 0.356 e. The number of aryl methyl sites for hydroxylation is 1. The standard InChI is InChI=1S/C19H20BrN3O/c1-13-10-16(20)11-21-18(13)22-8-6-15(12-22)19(24)23-9-7-14-4-2-3-5-17(14)23/h2-5,10-11,15H,6-9,12H2,1H3. The van der Waals surface area contributed by atoms with Crippen molar-refractivity contribution < 1.29 is 4.79 Å². The van der Waals surface area contributed by atoms with Gasteiger partial charge in [-0.05, 0) is 59.0 Å². The monoisotopic (exact) mass is 385 g/mol. The first-order valence-corrected chi connectivity index (χ1v) is 9.19. The van der Waals surface area contributed by atoms with Gasteiger partial charge in [-0.3, -0.25) is 4.79 Å². The lowest BCUT2D eigenvalue weighted by Crippen LogP contribution is -2.36. The van der Waals surface area contributed by atoms with Crippen LogP contribution in [-0.4, -0.2) is 30.5 Å². The van der Waals surface area contributed by atoms with Crippen LogP contribution in [0.2, 0.25) is 0 Å². The molecule has 5 heteroatoms. The Hall–Kier alpha value is -1.88. The molecular weight excluding hydrogens is 366 g/mol. The summed E-state index contributed by atoms with van der Waals surface area (Å²) in [6.45, 7) is 4.53. The van der Waals surface area contributed by atoms with Crippen LogP contribution in [0.4, 0.5) is 11.5 Å². The molecule has 0 spiro atoms. The van der Waals surface area contributed by atoms with Gasteiger partial charge in [-0.25, -0.2) is 4.98 Å². The Labute approximate surface area is 150 Å². The smallest absolute Gasteiger partial charge is 0.231 e. The molecule has 3 heterocycles. The van der Waals surface area contributed by atoms with E-state index in [-0.39, 0.29) is 11.8 Å². The lowest BCUT2D eigenvalue weighted by Gasteiger charge is -2.23. The number of halogens is 1. The number of amides is 1. The molecule has 4 rings (SSSR count). The Morgan fingerprint density at radius 2 is 2.12 bits per heavy atom. The van der Waals surface area contributed by atoms with Gasteiger partial charge in [-0.1, -0.05) is 18.2 Å². The Morgan fingerprint density at radius 3 is 2.96 bits per heavy atom. The molecule has 1 atom stereocenters. The SMILES string of the molecule is Cc1cc(Br)cnc1N1CCC(C(=O)N2CCc3ccccc32)C1. The molecule has 1 aromatic heterocycles. The molecule has 1 saturated heterocycles. The lowest BCUT2D eigenvalue weighted by atomic mass is 10.1. The van der Waals surface area contributed by atoms with Crippen LogP contribution >= 0.6 is 15.9 Å². The Kier molecular flexibility index (Phi) is 4.04. The molecular formula is C19H20BrN3O. The molecule has 1 unspecified atom stereocenters. The van der Waals surface area contributed by atoms with E-state index in [1.807, 2.05) is 23.2 Å². The van der Waals surface area contributed by atoms with Crippen molar-refractivity contribution in [3.05, 3.63) is 52.1 Å². The Bertz CT molecular complexity index is 792. The third kappa shape index (κ3) is 2.71. The van der Waals surface area contributed by atoms with Crippen LogP contribution in [0.25, 0.3) is 0 Å². The van der Waals surface area contributed by atoms with Gasteiger partial charge in [-0.15, -0.1) is 0 Å². The highest BCUT2D eigenvalue weighted by atomic mass is 79.9. The number of hydrogen-bond donors (Lipinski definition) is 0. The molecule has 1 aromatic carbocycles. The number of aromatic nitrogens is 1. The number of hydrogen-bond acceptors (Lipinski definition) is 3. The van der Waals surface area contributed by atoms with Gasteiger partial charge in [-0.2, -0.15) is 0 Å². The molecule has 124 valence electrons. The summed E-state index contributed by atoms with van der Waals surface area (Å²) in [7, 11) is 0. The van der Waals surface area contributed by atoms with Gasteiger partial charge in [0.2, 0.25) is 5.91 Å². The van der Waals surface area contributed by atoms with Crippen molar-refractivity contribution in [2.24, 2.45) is 5.92 Å². The van der Waals surface area contributed by atoms with Crippen molar-refractivity contribution in [2.75, 3.05) is 29.4 Å². The number of nitrogens with zero attached hydrogens (tertiary/aromatic N) is 3. The number of anilines is 2. The van der Waals surface area contributed by atoms with Crippen LogP contribution in [0, 0.1) is 12.8 Å². The summed E-state index contributed by atoms with van der Waals surface area (Å²) in [6.07, 6.45) is 3.69. The fraction of sp³-hybridized carbons (Fsp3) is 0.368. The second-order valence-electron chi connectivity index (χ2n) is 6.59. The van der Waals surface area contributed by atoms with E-state index in [9.17, 15) is 4.79 Å². The summed E-state index contributed by atoms with van der Waals surface area (Å²) in [5.74, 6) is 1.31. The molecule has 0 N–H and O–H groups in total. The fourth-order valence-electron chi connectivity index (χ4n) is 3.81. The number of benzene rings is 1. The van der Waals surface area contributed by atoms with Crippen molar-refractivity contribution in [3.8, 4) is 0 Å². The third-order valence-electron chi connectivity index (χ3n) is 5.01. The van der Waals surface area contributed by atoms with E-state index in [1.54, 1.807) is 0 Å². The molecule has 0 aliphatic carbocycles. The van der Waals surface area contributed by atoms with Crippen LogP contribution in [0.15, 0.2) is 41.0 Å². The molecule has 1 fully saturated rings. The van der Waals surface area contributed by atoms with E-state index >= 15 is 0 Å². The first kappa shape index (κ1) is 15.6. The Morgan fingerprint density at radius 1 is 1.29 bits per heavy atom. The van der Waals surface area contributed by atoms with E-state index in [2.05, 4.69) is 50.9 Å². The summed E-state index contributed by atoms with van der Waals surface area (Å²) < 4.78 is 0.990. The van der Waals surface area contributed by atoms with Crippen LogP contribution in [0.5, 0.6) is 0 Å². The van der Waals surface area contributed by atoms with Crippen molar-refractivity contribution >= 4 is 33.3 Å². The average molecular weight is 386 g/mol. The summed E-state index contributed by atoms with van der Waals surface area (Å²) in [4.78, 5) is 21.8. The van der Waals surface area contributed by atoms with Crippen molar-refractivity contribution in [1.29, 1.82) is 0 Å². The van der Waals surface area contributed by atoms with Crippen LogP contribution < -0.4 is 9.80 Å². The van der Waals surface area contributed by atoms with E-state index in [1.165, 1.54) is 5.56 Å². The molecule has 2 aliphatic heterocycles. The molecule has 4 nitrogen and oxygen atoms in total. The fourth-order valence-corrected chi connectivity index (χ4v) is 4.25. The Balaban J connectivity index is 1.50. The second kappa shape index (κ2) is 6.20. The quantitative estimate of drug-likeness (QED) is 0.792. The van der Waals surface area contributed by atoms with E-state index in [0.717, 1.165) is 54.0 Å². The molecule has 0 bridgehead atoms. The van der Waals surface area contributed by atoms with Gasteiger partial charge >= 0.3 is 0 Å². The maximum Gasteiger partial charge on any atom is 0.231 e. The van der Waals surface area contributed by atoms with Crippen molar-refractivity contribution in [1.82, 2.24) is 4.98 Å². The molecule has 2 aromatic rings. The molecule has 2 aliphatic rings. The molecule has 0 radical (unpaired) electrons. The van der Waals surface area contributed by atoms with Gasteiger partial charge < -0.3 is 9.80 Å². The summed E-state index contributed by atoms with van der Waals surface area (Å²) in [5.41, 5.74) is 3.52. The highest BCUT2D eigenvalue weighted by Crippen LogP contribution is 2.32. The van der Waals surface area contributed by atoms with Gasteiger partial charge in [0.05, 0.1) is 5.92 Å². The van der Waals surface area contributed by atoms with Crippen LogP contribution in [0.3, 0.4) is 0 Å².